The van der Waals surface area contributed by atoms with Crippen LogP contribution in [-0.4, -0.2) is 38.0 Å². The van der Waals surface area contributed by atoms with Crippen molar-refractivity contribution in [3.63, 3.8) is 0 Å². The summed E-state index contributed by atoms with van der Waals surface area (Å²) in [5.74, 6) is -1.04. The number of carbonyl (C=O) groups is 1. The summed E-state index contributed by atoms with van der Waals surface area (Å²) in [4.78, 5) is 11.6. The number of methoxy groups -OCH3 is 1. The number of carbonyl (C=O) groups excluding carboxylic acids is 1. The Morgan fingerprint density at radius 3 is 2.56 bits per heavy atom. The van der Waals surface area contributed by atoms with Crippen LogP contribution in [0.3, 0.4) is 0 Å². The number of aliphatic hydroxyl groups is 1. The van der Waals surface area contributed by atoms with Crippen LogP contribution in [0, 0.1) is 0 Å². The molecule has 0 aliphatic carbocycles. The number of hydrogen-bond acceptors (Lipinski definition) is 4. The number of esters is 1. The quantitative estimate of drug-likeness (QED) is 0.577. The Bertz CT molecular complexity index is 310. The Kier molecular flexibility index (Phi) is 5.53. The van der Waals surface area contributed by atoms with Gasteiger partial charge in [0.15, 0.2) is 0 Å². The maximum Gasteiger partial charge on any atom is 0.315 e. The number of hydrogen-bond donors (Lipinski definition) is 1. The predicted octanol–water partition coefficient (Wildman–Crippen LogP) is 0.952. The maximum absolute atomic E-state index is 11.6. The number of ether oxygens (including phenoxy) is 2. The van der Waals surface area contributed by atoms with E-state index in [2.05, 4.69) is 0 Å². The summed E-state index contributed by atoms with van der Waals surface area (Å²) < 4.78 is 9.74. The second kappa shape index (κ2) is 6.98. The summed E-state index contributed by atoms with van der Waals surface area (Å²) >= 11 is 0. The lowest BCUT2D eigenvalue weighted by Gasteiger charge is -2.13. The predicted molar refractivity (Wildman–Crippen MR) is 59.1 cm³/mol. The van der Waals surface area contributed by atoms with E-state index < -0.39 is 11.9 Å². The van der Waals surface area contributed by atoms with Crippen LogP contribution in [-0.2, 0) is 14.3 Å². The van der Waals surface area contributed by atoms with E-state index in [1.165, 1.54) is 7.11 Å². The summed E-state index contributed by atoms with van der Waals surface area (Å²) in [6.45, 7) is 0.313. The van der Waals surface area contributed by atoms with Crippen molar-refractivity contribution in [2.45, 2.75) is 5.92 Å². The highest BCUT2D eigenvalue weighted by atomic mass is 16.6. The molecule has 0 unspecified atom stereocenters. The second-order valence-electron chi connectivity index (χ2n) is 3.31. The fourth-order valence-corrected chi connectivity index (χ4v) is 1.33. The highest BCUT2D eigenvalue weighted by Gasteiger charge is 2.20. The van der Waals surface area contributed by atoms with Crippen molar-refractivity contribution in [3.05, 3.63) is 35.9 Å². The van der Waals surface area contributed by atoms with Crippen LogP contribution >= 0.6 is 0 Å². The van der Waals surface area contributed by atoms with Crippen molar-refractivity contribution < 1.29 is 19.4 Å². The Morgan fingerprint density at radius 1 is 1.31 bits per heavy atom. The zero-order chi connectivity index (χ0) is 11.8. The van der Waals surface area contributed by atoms with Gasteiger partial charge in [-0.2, -0.15) is 0 Å². The molecule has 4 nitrogen and oxygen atoms in total. The monoisotopic (exact) mass is 224 g/mol. The molecule has 0 saturated carbocycles. The number of aliphatic hydroxyl groups excluding tert-OH is 1. The molecule has 1 rings (SSSR count). The van der Waals surface area contributed by atoms with Gasteiger partial charge in [0, 0.05) is 7.11 Å². The summed E-state index contributed by atoms with van der Waals surface area (Å²) in [6.07, 6.45) is 0. The summed E-state index contributed by atoms with van der Waals surface area (Å²) in [5.41, 5.74) is 0.757. The van der Waals surface area contributed by atoms with Crippen LogP contribution in [0.25, 0.3) is 0 Å². The largest absolute Gasteiger partial charge is 0.463 e. The Morgan fingerprint density at radius 2 is 2.00 bits per heavy atom. The van der Waals surface area contributed by atoms with E-state index in [9.17, 15) is 9.90 Å². The Balaban J connectivity index is 2.57. The molecule has 0 heterocycles. The maximum atomic E-state index is 11.6. The molecule has 1 atom stereocenters. The first-order valence-electron chi connectivity index (χ1n) is 5.11. The molecule has 0 aliphatic heterocycles. The average Bonchev–Trinajstić information content (AvgIpc) is 2.32. The Hall–Kier alpha value is -1.39. The van der Waals surface area contributed by atoms with Gasteiger partial charge in [0.05, 0.1) is 13.2 Å². The molecular weight excluding hydrogens is 208 g/mol. The van der Waals surface area contributed by atoms with Gasteiger partial charge < -0.3 is 14.6 Å². The van der Waals surface area contributed by atoms with E-state index in [4.69, 9.17) is 9.47 Å². The van der Waals surface area contributed by atoms with Crippen molar-refractivity contribution in [3.8, 4) is 0 Å². The molecular formula is C12H16O4. The summed E-state index contributed by atoms with van der Waals surface area (Å²) in [7, 11) is 1.54. The molecule has 0 fully saturated rings. The van der Waals surface area contributed by atoms with Crippen molar-refractivity contribution >= 4 is 5.97 Å². The average molecular weight is 224 g/mol. The summed E-state index contributed by atoms with van der Waals surface area (Å²) in [5, 5.41) is 9.17. The van der Waals surface area contributed by atoms with Crippen LogP contribution in [0.4, 0.5) is 0 Å². The first-order chi connectivity index (χ1) is 7.79. The second-order valence-corrected chi connectivity index (χ2v) is 3.31. The topological polar surface area (TPSA) is 55.8 Å². The molecule has 1 N–H and O–H groups in total. The van der Waals surface area contributed by atoms with Gasteiger partial charge >= 0.3 is 5.97 Å². The SMILES string of the molecule is COCCOC(=O)[C@H](CO)c1ccccc1. The van der Waals surface area contributed by atoms with E-state index >= 15 is 0 Å². The van der Waals surface area contributed by atoms with Gasteiger partial charge in [-0.25, -0.2) is 0 Å². The minimum atomic E-state index is -0.613. The molecule has 0 amide bonds. The third-order valence-electron chi connectivity index (χ3n) is 2.20. The molecule has 88 valence electrons. The first-order valence-corrected chi connectivity index (χ1v) is 5.11. The van der Waals surface area contributed by atoms with Gasteiger partial charge in [-0.15, -0.1) is 0 Å². The molecule has 0 aromatic heterocycles. The van der Waals surface area contributed by atoms with E-state index in [1.807, 2.05) is 18.2 Å². The molecule has 1 aromatic carbocycles. The van der Waals surface area contributed by atoms with Crippen LogP contribution in [0.15, 0.2) is 30.3 Å². The molecule has 0 saturated heterocycles. The highest BCUT2D eigenvalue weighted by Crippen LogP contribution is 2.16. The molecule has 0 bridgehead atoms. The molecule has 0 spiro atoms. The molecule has 0 aliphatic rings. The number of rotatable bonds is 6. The van der Waals surface area contributed by atoms with Gasteiger partial charge in [0.2, 0.25) is 0 Å². The molecule has 4 heteroatoms. The van der Waals surface area contributed by atoms with Crippen molar-refractivity contribution in [2.75, 3.05) is 26.9 Å². The van der Waals surface area contributed by atoms with Crippen LogP contribution < -0.4 is 0 Å². The summed E-state index contributed by atoms with van der Waals surface area (Å²) in [6, 6.07) is 9.08. The van der Waals surface area contributed by atoms with Gasteiger partial charge in [-0.1, -0.05) is 30.3 Å². The van der Waals surface area contributed by atoms with Crippen LogP contribution in [0.5, 0.6) is 0 Å². The zero-order valence-corrected chi connectivity index (χ0v) is 9.26. The normalized spacial score (nSPS) is 12.1. The van der Waals surface area contributed by atoms with E-state index in [0.29, 0.717) is 6.61 Å². The van der Waals surface area contributed by atoms with Gasteiger partial charge in [-0.05, 0) is 5.56 Å². The number of benzene rings is 1. The fourth-order valence-electron chi connectivity index (χ4n) is 1.33. The van der Waals surface area contributed by atoms with Crippen molar-refractivity contribution in [2.24, 2.45) is 0 Å². The van der Waals surface area contributed by atoms with E-state index in [-0.39, 0.29) is 13.2 Å². The van der Waals surface area contributed by atoms with Gasteiger partial charge in [0.25, 0.3) is 0 Å². The van der Waals surface area contributed by atoms with E-state index in [1.54, 1.807) is 12.1 Å². The fraction of sp³-hybridized carbons (Fsp3) is 0.417. The van der Waals surface area contributed by atoms with Crippen LogP contribution in [0.2, 0.25) is 0 Å². The molecule has 0 radical (unpaired) electrons. The lowest BCUT2D eigenvalue weighted by atomic mass is 10.0. The third kappa shape index (κ3) is 3.64. The highest BCUT2D eigenvalue weighted by molar-refractivity contribution is 5.78. The minimum absolute atomic E-state index is 0.207. The van der Waals surface area contributed by atoms with Crippen molar-refractivity contribution in [1.29, 1.82) is 0 Å². The molecule has 1 aromatic rings. The first kappa shape index (κ1) is 12.7. The standard InChI is InChI=1S/C12H16O4/c1-15-7-8-16-12(14)11(9-13)10-5-3-2-4-6-10/h2-6,11,13H,7-9H2,1H3/t11-/m1/s1. The lowest BCUT2D eigenvalue weighted by Crippen LogP contribution is -2.21. The van der Waals surface area contributed by atoms with Crippen molar-refractivity contribution in [1.82, 2.24) is 0 Å². The zero-order valence-electron chi connectivity index (χ0n) is 9.26. The molecule has 16 heavy (non-hydrogen) atoms. The smallest absolute Gasteiger partial charge is 0.315 e. The third-order valence-corrected chi connectivity index (χ3v) is 2.20. The minimum Gasteiger partial charge on any atom is -0.463 e. The van der Waals surface area contributed by atoms with Crippen LogP contribution in [0.1, 0.15) is 11.5 Å². The van der Waals surface area contributed by atoms with Gasteiger partial charge in [0.1, 0.15) is 12.5 Å². The van der Waals surface area contributed by atoms with E-state index in [0.717, 1.165) is 5.56 Å². The Labute approximate surface area is 94.8 Å². The van der Waals surface area contributed by atoms with Gasteiger partial charge in [-0.3, -0.25) is 4.79 Å². The lowest BCUT2D eigenvalue weighted by molar-refractivity contribution is -0.147.